The third kappa shape index (κ3) is 8.27. The third-order valence-electron chi connectivity index (χ3n) is 9.43. The minimum Gasteiger partial charge on any atom is -0.481 e. The molecule has 0 spiro atoms. The van der Waals surface area contributed by atoms with Gasteiger partial charge in [0.15, 0.2) is 11.2 Å². The minimum atomic E-state index is -0.938. The second kappa shape index (κ2) is 16.3. The first-order chi connectivity index (χ1) is 27.8. The quantitative estimate of drug-likeness (QED) is 0.174. The fourth-order valence-corrected chi connectivity index (χ4v) is 6.80. The van der Waals surface area contributed by atoms with Crippen LogP contribution in [-0.2, 0) is 35.3 Å². The first-order valence-corrected chi connectivity index (χ1v) is 18.4. The summed E-state index contributed by atoms with van der Waals surface area (Å²) in [6.07, 6.45) is 7.21. The molecule has 0 fully saturated rings. The van der Waals surface area contributed by atoms with Crippen LogP contribution in [0.2, 0.25) is 0 Å². The van der Waals surface area contributed by atoms with Gasteiger partial charge >= 0.3 is 5.97 Å². The molecule has 0 atom stereocenters. The van der Waals surface area contributed by atoms with Crippen molar-refractivity contribution in [2.75, 3.05) is 23.3 Å². The molecule has 0 radical (unpaired) electrons. The molecule has 57 heavy (non-hydrogen) atoms. The molecule has 288 valence electrons. The smallest absolute Gasteiger partial charge is 0.312 e. The molecule has 0 saturated heterocycles. The summed E-state index contributed by atoms with van der Waals surface area (Å²) in [6, 6.07) is 27.2. The number of aliphatic carboxylic acids is 1. The van der Waals surface area contributed by atoms with Crippen molar-refractivity contribution in [2.24, 2.45) is 0 Å². The molecule has 0 bridgehead atoms. The number of aromatic nitrogens is 6. The van der Waals surface area contributed by atoms with Crippen molar-refractivity contribution in [2.45, 2.75) is 38.5 Å². The van der Waals surface area contributed by atoms with Gasteiger partial charge in [-0.05, 0) is 98.5 Å². The van der Waals surface area contributed by atoms with Gasteiger partial charge < -0.3 is 24.2 Å². The predicted octanol–water partition coefficient (Wildman–Crippen LogP) is 7.50. The van der Waals surface area contributed by atoms with Crippen LogP contribution >= 0.6 is 0 Å². The van der Waals surface area contributed by atoms with Crippen molar-refractivity contribution in [3.63, 3.8) is 0 Å². The maximum Gasteiger partial charge on any atom is 0.312 e. The standard InChI is InChI=1S/C21H17FN4O2.C12H12FN3.C9H7NO3/c22-14-7-9-15(10-8-14)26-17-5-3-11-25(18(17)13-23-26)21(27)12-20-24-16-4-1-2-6-19(16)28-20;13-9-3-5-10(6-4-9)16-12-2-1-7-14-11(12)8-15-16;11-9(12)5-8-10-6-3-1-2-4-7(6)13-8/h1-2,4,6-10,13H,3,5,11-12H2;3-6,8,14H,1-2,7H2;1-4H,5H2,(H,11,12). The van der Waals surface area contributed by atoms with Crippen molar-refractivity contribution >= 4 is 45.5 Å². The van der Waals surface area contributed by atoms with E-state index in [1.165, 1.54) is 30.0 Å². The number of nitrogens with zero attached hydrogens (tertiary/aromatic N) is 7. The Morgan fingerprint density at radius 2 is 1.23 bits per heavy atom. The highest BCUT2D eigenvalue weighted by Crippen LogP contribution is 2.30. The van der Waals surface area contributed by atoms with E-state index in [9.17, 15) is 18.4 Å². The second-order valence-electron chi connectivity index (χ2n) is 13.3. The summed E-state index contributed by atoms with van der Waals surface area (Å²) in [7, 11) is 0. The summed E-state index contributed by atoms with van der Waals surface area (Å²) < 4.78 is 40.6. The van der Waals surface area contributed by atoms with Crippen LogP contribution in [0, 0.1) is 11.6 Å². The van der Waals surface area contributed by atoms with Crippen molar-refractivity contribution in [1.29, 1.82) is 0 Å². The number of oxazole rings is 2. The Kier molecular flexibility index (Phi) is 10.5. The van der Waals surface area contributed by atoms with Crippen molar-refractivity contribution in [1.82, 2.24) is 29.5 Å². The maximum atomic E-state index is 13.2. The van der Waals surface area contributed by atoms with E-state index in [0.717, 1.165) is 66.2 Å². The molecule has 2 aliphatic rings. The number of fused-ring (bicyclic) bond motifs is 4. The summed E-state index contributed by atoms with van der Waals surface area (Å²) in [5, 5.41) is 20.6. The zero-order valence-electron chi connectivity index (χ0n) is 30.5. The molecule has 2 aliphatic heterocycles. The number of carboxylic acids is 1. The molecule has 4 aromatic carbocycles. The van der Waals surface area contributed by atoms with Crippen LogP contribution < -0.4 is 10.2 Å². The Morgan fingerprint density at radius 1 is 0.684 bits per heavy atom. The fraction of sp³-hybridized carbons (Fsp3) is 0.190. The number of carboxylic acid groups (broad SMARTS) is 1. The molecular formula is C42H36F2N8O5. The zero-order valence-corrected chi connectivity index (χ0v) is 30.5. The number of nitrogens with one attached hydrogen (secondary N) is 1. The van der Waals surface area contributed by atoms with Gasteiger partial charge in [-0.1, -0.05) is 24.3 Å². The summed E-state index contributed by atoms with van der Waals surface area (Å²) in [5.41, 5.74) is 8.43. The van der Waals surface area contributed by atoms with Crippen molar-refractivity contribution < 1.29 is 32.3 Å². The minimum absolute atomic E-state index is 0.0776. The molecule has 13 nitrogen and oxygen atoms in total. The monoisotopic (exact) mass is 770 g/mol. The lowest BCUT2D eigenvalue weighted by molar-refractivity contribution is -0.136. The normalized spacial score (nSPS) is 13.1. The number of carbonyl (C=O) groups excluding carboxylic acids is 1. The SMILES string of the molecule is Fc1ccc(-n2ncc3c2CCCN3)cc1.O=C(Cc1nc2ccccc2o1)N1CCCc2c1cnn2-c1ccc(F)cc1.O=C(O)Cc1nc2ccccc2o1. The number of amides is 1. The first kappa shape index (κ1) is 36.8. The molecule has 15 heteroatoms. The molecule has 0 unspecified atom stereocenters. The molecule has 8 aromatic rings. The lowest BCUT2D eigenvalue weighted by Gasteiger charge is -2.27. The van der Waals surface area contributed by atoms with E-state index >= 15 is 0 Å². The summed E-state index contributed by atoms with van der Waals surface area (Å²) in [6.45, 7) is 1.63. The molecule has 0 saturated carbocycles. The van der Waals surface area contributed by atoms with Gasteiger partial charge in [-0.25, -0.2) is 28.1 Å². The Balaban J connectivity index is 0.000000132. The topological polar surface area (TPSA) is 157 Å². The molecule has 4 aromatic heterocycles. The summed E-state index contributed by atoms with van der Waals surface area (Å²) in [4.78, 5) is 33.4. The lowest BCUT2D eigenvalue weighted by Crippen LogP contribution is -2.36. The average Bonchev–Trinajstić information content (AvgIpc) is 4.03. The number of anilines is 2. The summed E-state index contributed by atoms with van der Waals surface area (Å²) >= 11 is 0. The van der Waals surface area contributed by atoms with Crippen LogP contribution in [0.4, 0.5) is 20.2 Å². The highest BCUT2D eigenvalue weighted by atomic mass is 19.1. The first-order valence-electron chi connectivity index (χ1n) is 18.4. The van der Waals surface area contributed by atoms with Gasteiger partial charge in [0.25, 0.3) is 0 Å². The highest BCUT2D eigenvalue weighted by Gasteiger charge is 2.28. The van der Waals surface area contributed by atoms with Gasteiger partial charge in [-0.3, -0.25) is 9.59 Å². The van der Waals surface area contributed by atoms with Gasteiger partial charge in [0, 0.05) is 13.1 Å². The Morgan fingerprint density at radius 3 is 1.82 bits per heavy atom. The van der Waals surface area contributed by atoms with E-state index in [1.807, 2.05) is 47.3 Å². The molecule has 1 amide bonds. The van der Waals surface area contributed by atoms with E-state index in [0.29, 0.717) is 29.1 Å². The molecule has 2 N–H and O–H groups in total. The molecule has 10 rings (SSSR count). The number of hydrogen-bond acceptors (Lipinski definition) is 9. The Hall–Kier alpha value is -7.16. The van der Waals surface area contributed by atoms with Gasteiger partial charge in [0.05, 0.1) is 46.5 Å². The number of para-hydroxylation sites is 4. The Bertz CT molecular complexity index is 2600. The molecule has 6 heterocycles. The van der Waals surface area contributed by atoms with E-state index in [-0.39, 0.29) is 36.3 Å². The van der Waals surface area contributed by atoms with Crippen molar-refractivity contribution in [3.05, 3.63) is 144 Å². The lowest BCUT2D eigenvalue weighted by atomic mass is 10.1. The zero-order chi connectivity index (χ0) is 39.3. The third-order valence-corrected chi connectivity index (χ3v) is 9.43. The van der Waals surface area contributed by atoms with Gasteiger partial charge in [-0.2, -0.15) is 10.2 Å². The van der Waals surface area contributed by atoms with Gasteiger partial charge in [0.1, 0.15) is 35.5 Å². The molecule has 0 aliphatic carbocycles. The van der Waals surface area contributed by atoms with E-state index in [1.54, 1.807) is 52.2 Å². The average molecular weight is 771 g/mol. The fourth-order valence-electron chi connectivity index (χ4n) is 6.80. The van der Waals surface area contributed by atoms with Crippen molar-refractivity contribution in [3.8, 4) is 11.4 Å². The number of rotatable bonds is 6. The number of carbonyl (C=O) groups is 2. The molecular weight excluding hydrogens is 735 g/mol. The van der Waals surface area contributed by atoms with E-state index < -0.39 is 5.97 Å². The predicted molar refractivity (Wildman–Crippen MR) is 208 cm³/mol. The van der Waals surface area contributed by atoms with Gasteiger partial charge in [-0.15, -0.1) is 0 Å². The highest BCUT2D eigenvalue weighted by molar-refractivity contribution is 5.95. The number of halogens is 2. The van der Waals surface area contributed by atoms with Crippen LogP contribution in [0.1, 0.15) is 36.0 Å². The number of hydrogen-bond donors (Lipinski definition) is 2. The van der Waals surface area contributed by atoms with Crippen LogP contribution in [0.15, 0.2) is 118 Å². The van der Waals surface area contributed by atoms with Gasteiger partial charge in [0.2, 0.25) is 17.7 Å². The van der Waals surface area contributed by atoms with Crippen LogP contribution in [0.25, 0.3) is 33.6 Å². The number of benzene rings is 4. The largest absolute Gasteiger partial charge is 0.481 e. The maximum absolute atomic E-state index is 13.2. The second-order valence-corrected chi connectivity index (χ2v) is 13.3. The van der Waals surface area contributed by atoms with E-state index in [4.69, 9.17) is 13.9 Å². The van der Waals surface area contributed by atoms with Crippen LogP contribution in [0.5, 0.6) is 0 Å². The summed E-state index contributed by atoms with van der Waals surface area (Å²) in [5.74, 6) is -0.876. The Labute approximate surface area is 324 Å². The van der Waals surface area contributed by atoms with E-state index in [2.05, 4.69) is 25.5 Å². The van der Waals surface area contributed by atoms with Crippen LogP contribution in [-0.4, -0.2) is 59.6 Å². The van der Waals surface area contributed by atoms with Crippen LogP contribution in [0.3, 0.4) is 0 Å².